The molecule has 0 N–H and O–H groups in total. The molecule has 4 heterocycles. The highest BCUT2D eigenvalue weighted by molar-refractivity contribution is 7.16. The first-order valence-electron chi connectivity index (χ1n) is 11.7. The summed E-state index contributed by atoms with van der Waals surface area (Å²) in [5.74, 6) is 1.06. The minimum atomic E-state index is -4.52. The van der Waals surface area contributed by atoms with Crippen molar-refractivity contribution in [2.45, 2.75) is 38.4 Å². The minimum absolute atomic E-state index is 0.202. The lowest BCUT2D eigenvalue weighted by Crippen LogP contribution is -2.14. The van der Waals surface area contributed by atoms with Crippen molar-refractivity contribution in [3.63, 3.8) is 0 Å². The molecule has 38 heavy (non-hydrogen) atoms. The van der Waals surface area contributed by atoms with Crippen molar-refractivity contribution in [2.75, 3.05) is 7.11 Å². The Morgan fingerprint density at radius 3 is 2.55 bits per heavy atom. The number of nitrogens with zero attached hydrogens (tertiary/aromatic N) is 7. The second-order valence-corrected chi connectivity index (χ2v) is 9.99. The van der Waals surface area contributed by atoms with Crippen molar-refractivity contribution in [3.8, 4) is 23.0 Å². The minimum Gasteiger partial charge on any atom is -0.480 e. The lowest BCUT2D eigenvalue weighted by molar-refractivity contribution is -0.141. The van der Waals surface area contributed by atoms with Crippen LogP contribution in [0.3, 0.4) is 0 Å². The molecule has 0 radical (unpaired) electrons. The van der Waals surface area contributed by atoms with E-state index in [1.165, 1.54) is 18.1 Å². The van der Waals surface area contributed by atoms with Gasteiger partial charge in [-0.15, -0.1) is 0 Å². The molecule has 13 heteroatoms. The summed E-state index contributed by atoms with van der Waals surface area (Å²) < 4.78 is 48.0. The molecular formula is C25H20F3N7O2S. The van der Waals surface area contributed by atoms with E-state index < -0.39 is 11.9 Å². The smallest absolute Gasteiger partial charge is 0.435 e. The van der Waals surface area contributed by atoms with Crippen LogP contribution < -0.4 is 9.61 Å². The van der Waals surface area contributed by atoms with Crippen LogP contribution in [-0.4, -0.2) is 41.4 Å². The predicted octanol–water partition coefficient (Wildman–Crippen LogP) is 4.76. The molecule has 0 unspecified atom stereocenters. The van der Waals surface area contributed by atoms with Crippen LogP contribution in [0.4, 0.5) is 13.2 Å². The van der Waals surface area contributed by atoms with Crippen molar-refractivity contribution in [1.29, 1.82) is 0 Å². The lowest BCUT2D eigenvalue weighted by Gasteiger charge is -2.11. The number of ether oxygens (including phenoxy) is 1. The fourth-order valence-corrected chi connectivity index (χ4v) is 5.14. The zero-order chi connectivity index (χ0) is 26.6. The van der Waals surface area contributed by atoms with Crippen LogP contribution in [-0.2, 0) is 12.7 Å². The van der Waals surface area contributed by atoms with Crippen molar-refractivity contribution in [3.05, 3.63) is 75.2 Å². The van der Waals surface area contributed by atoms with E-state index in [2.05, 4.69) is 20.1 Å². The molecule has 0 atom stereocenters. The van der Waals surface area contributed by atoms with Gasteiger partial charge in [0.25, 0.3) is 0 Å². The Hall–Kier alpha value is -4.13. The molecule has 1 aliphatic carbocycles. The molecule has 4 aromatic heterocycles. The van der Waals surface area contributed by atoms with E-state index in [9.17, 15) is 18.0 Å². The van der Waals surface area contributed by atoms with Gasteiger partial charge in [0.05, 0.1) is 35.9 Å². The van der Waals surface area contributed by atoms with Crippen LogP contribution in [0.25, 0.3) is 27.4 Å². The summed E-state index contributed by atoms with van der Waals surface area (Å²) in [7, 11) is 1.53. The lowest BCUT2D eigenvalue weighted by atomic mass is 10.1. The molecule has 0 amide bonds. The average molecular weight is 540 g/mol. The summed E-state index contributed by atoms with van der Waals surface area (Å²) in [4.78, 5) is 30.6. The predicted molar refractivity (Wildman–Crippen MR) is 134 cm³/mol. The maximum absolute atomic E-state index is 13.1. The standard InChI is InChI=1S/C25H20F3N7O2S/c1-13-9-18(25(26,27)28)33-35(13)16-7-3-14(4-8-16)11-34-22-17(38-24(34)36)10-29-21(32-22)19-20(15-5-6-15)30-12-31-23(19)37-2/h3-4,7-10,12,15H,5-6,11H2,1-2H3. The number of halogens is 3. The number of benzene rings is 1. The third-order valence-electron chi connectivity index (χ3n) is 6.33. The van der Waals surface area contributed by atoms with Gasteiger partial charge >= 0.3 is 11.0 Å². The summed E-state index contributed by atoms with van der Waals surface area (Å²) in [6.07, 6.45) is 0.597. The van der Waals surface area contributed by atoms with Crippen LogP contribution in [0, 0.1) is 6.92 Å². The molecule has 9 nitrogen and oxygen atoms in total. The van der Waals surface area contributed by atoms with E-state index in [1.54, 1.807) is 42.0 Å². The fourth-order valence-electron chi connectivity index (χ4n) is 4.34. The van der Waals surface area contributed by atoms with Gasteiger partial charge in [0.15, 0.2) is 17.2 Å². The average Bonchev–Trinajstić information content (AvgIpc) is 3.60. The van der Waals surface area contributed by atoms with Gasteiger partial charge in [-0.3, -0.25) is 9.36 Å². The van der Waals surface area contributed by atoms with Crippen molar-refractivity contribution >= 4 is 21.7 Å². The van der Waals surface area contributed by atoms with Gasteiger partial charge in [0, 0.05) is 11.6 Å². The Kier molecular flexibility index (Phi) is 5.74. The van der Waals surface area contributed by atoms with Crippen LogP contribution in [0.1, 0.15) is 41.4 Å². The molecule has 0 aliphatic heterocycles. The van der Waals surface area contributed by atoms with E-state index in [0.29, 0.717) is 44.9 Å². The highest BCUT2D eigenvalue weighted by Gasteiger charge is 2.34. The largest absolute Gasteiger partial charge is 0.480 e. The molecule has 1 aromatic carbocycles. The number of thiazole rings is 1. The summed E-state index contributed by atoms with van der Waals surface area (Å²) in [6.45, 7) is 1.78. The van der Waals surface area contributed by atoms with Gasteiger partial charge in [-0.1, -0.05) is 23.5 Å². The van der Waals surface area contributed by atoms with E-state index in [4.69, 9.17) is 9.72 Å². The van der Waals surface area contributed by atoms with Crippen molar-refractivity contribution < 1.29 is 17.9 Å². The zero-order valence-electron chi connectivity index (χ0n) is 20.2. The van der Waals surface area contributed by atoms with Gasteiger partial charge in [-0.25, -0.2) is 24.6 Å². The van der Waals surface area contributed by atoms with Gasteiger partial charge < -0.3 is 4.74 Å². The molecule has 0 bridgehead atoms. The molecule has 0 saturated heterocycles. The van der Waals surface area contributed by atoms with Crippen molar-refractivity contribution in [2.24, 2.45) is 0 Å². The third kappa shape index (κ3) is 4.32. The zero-order valence-corrected chi connectivity index (χ0v) is 21.0. The quantitative estimate of drug-likeness (QED) is 0.307. The normalized spacial score (nSPS) is 13.8. The van der Waals surface area contributed by atoms with E-state index in [0.717, 1.165) is 41.5 Å². The number of aryl methyl sites for hydroxylation is 1. The maximum atomic E-state index is 13.1. The van der Waals surface area contributed by atoms with Crippen LogP contribution >= 0.6 is 11.3 Å². The Bertz CT molecular complexity index is 1720. The Balaban J connectivity index is 1.35. The highest BCUT2D eigenvalue weighted by Crippen LogP contribution is 2.45. The van der Waals surface area contributed by atoms with Crippen LogP contribution in [0.5, 0.6) is 5.88 Å². The Labute approximate surface area is 217 Å². The molecule has 5 aromatic rings. The summed E-state index contributed by atoms with van der Waals surface area (Å²) in [5.41, 5.74) is 2.60. The molecule has 0 spiro atoms. The number of methoxy groups -OCH3 is 1. The van der Waals surface area contributed by atoms with Crippen LogP contribution in [0.15, 0.2) is 47.7 Å². The second-order valence-electron chi connectivity index (χ2n) is 9.00. The van der Waals surface area contributed by atoms with Crippen molar-refractivity contribution in [1.82, 2.24) is 34.3 Å². The van der Waals surface area contributed by atoms with Gasteiger partial charge in [0.1, 0.15) is 11.9 Å². The van der Waals surface area contributed by atoms with Gasteiger partial charge in [-0.05, 0) is 43.5 Å². The fraction of sp³-hybridized carbons (Fsp3) is 0.280. The molecule has 1 saturated carbocycles. The number of rotatable bonds is 6. The topological polar surface area (TPSA) is 101 Å². The van der Waals surface area contributed by atoms with E-state index >= 15 is 0 Å². The summed E-state index contributed by atoms with van der Waals surface area (Å²) >= 11 is 1.04. The number of hydrogen-bond donors (Lipinski definition) is 0. The molecule has 1 aliphatic rings. The monoisotopic (exact) mass is 539 g/mol. The molecule has 6 rings (SSSR count). The van der Waals surface area contributed by atoms with E-state index in [1.807, 2.05) is 0 Å². The molecule has 194 valence electrons. The van der Waals surface area contributed by atoms with E-state index in [-0.39, 0.29) is 11.4 Å². The third-order valence-corrected chi connectivity index (χ3v) is 7.23. The molecular weight excluding hydrogens is 519 g/mol. The highest BCUT2D eigenvalue weighted by atomic mass is 32.1. The second kappa shape index (κ2) is 9.01. The first-order valence-corrected chi connectivity index (χ1v) is 12.5. The first kappa shape index (κ1) is 24.2. The SMILES string of the molecule is COc1ncnc(C2CC2)c1-c1ncc2sc(=O)n(Cc3ccc(-n4nc(C(F)(F)F)cc4C)cc3)c2n1. The maximum Gasteiger partial charge on any atom is 0.435 e. The number of hydrogen-bond acceptors (Lipinski definition) is 8. The first-order chi connectivity index (χ1) is 18.2. The van der Waals surface area contributed by atoms with Crippen LogP contribution in [0.2, 0.25) is 0 Å². The van der Waals surface area contributed by atoms with Gasteiger partial charge in [-0.2, -0.15) is 18.3 Å². The summed E-state index contributed by atoms with van der Waals surface area (Å²) in [6, 6.07) is 7.85. The molecule has 1 fully saturated rings. The summed E-state index contributed by atoms with van der Waals surface area (Å²) in [5, 5.41) is 3.69. The Morgan fingerprint density at radius 1 is 1.13 bits per heavy atom. The number of alkyl halides is 3. The number of aromatic nitrogens is 7. The number of fused-ring (bicyclic) bond motifs is 1. The van der Waals surface area contributed by atoms with Gasteiger partial charge in [0.2, 0.25) is 5.88 Å². The Morgan fingerprint density at radius 2 is 1.89 bits per heavy atom.